The van der Waals surface area contributed by atoms with Gasteiger partial charge < -0.3 is 9.16 Å². The van der Waals surface area contributed by atoms with Crippen molar-refractivity contribution in [2.24, 2.45) is 4.99 Å². The average molecular weight is 243 g/mol. The van der Waals surface area contributed by atoms with Crippen LogP contribution >= 0.6 is 0 Å². The van der Waals surface area contributed by atoms with Crippen LogP contribution in [0.4, 0.5) is 0 Å². The van der Waals surface area contributed by atoms with Gasteiger partial charge in [-0.25, -0.2) is 0 Å². The summed E-state index contributed by atoms with van der Waals surface area (Å²) in [4.78, 5) is 4.18. The Morgan fingerprint density at radius 2 is 1.81 bits per heavy atom. The molecule has 0 aliphatic rings. The predicted octanol–water partition coefficient (Wildman–Crippen LogP) is 3.93. The predicted molar refractivity (Wildman–Crippen MR) is 72.2 cm³/mol. The Balaban J connectivity index is 4.52. The SMILES string of the molecule is C=C(/N=C(\C)OCC)O[Si](C)(C)C(C)(C)C. The number of hydrogen-bond donors (Lipinski definition) is 0. The third kappa shape index (κ3) is 4.83. The average Bonchev–Trinajstić information content (AvgIpc) is 1.99. The fourth-order valence-corrected chi connectivity index (χ4v) is 1.83. The lowest BCUT2D eigenvalue weighted by Gasteiger charge is -2.36. The highest BCUT2D eigenvalue weighted by molar-refractivity contribution is 6.74. The minimum atomic E-state index is -1.82. The van der Waals surface area contributed by atoms with Crippen LogP contribution in [0.3, 0.4) is 0 Å². The van der Waals surface area contributed by atoms with E-state index in [4.69, 9.17) is 9.16 Å². The summed E-state index contributed by atoms with van der Waals surface area (Å²) >= 11 is 0. The first-order valence-corrected chi connectivity index (χ1v) is 8.57. The van der Waals surface area contributed by atoms with E-state index in [0.717, 1.165) is 0 Å². The number of rotatable bonds is 4. The normalized spacial score (nSPS) is 13.6. The van der Waals surface area contributed by atoms with E-state index in [0.29, 0.717) is 18.4 Å². The summed E-state index contributed by atoms with van der Waals surface area (Å²) in [6.07, 6.45) is 0. The zero-order valence-electron chi connectivity index (χ0n) is 11.7. The Bertz CT molecular complexity index is 277. The molecule has 0 radical (unpaired) electrons. The molecule has 4 heteroatoms. The highest BCUT2D eigenvalue weighted by Crippen LogP contribution is 2.37. The molecular formula is C12H25NO2Si. The third-order valence-corrected chi connectivity index (χ3v) is 7.17. The highest BCUT2D eigenvalue weighted by Gasteiger charge is 2.39. The molecule has 0 N–H and O–H groups in total. The number of nitrogens with zero attached hydrogens (tertiary/aromatic N) is 1. The first-order valence-electron chi connectivity index (χ1n) is 5.66. The molecule has 0 saturated carbocycles. The Labute approximate surface area is 101 Å². The molecule has 0 aromatic carbocycles. The summed E-state index contributed by atoms with van der Waals surface area (Å²) in [5, 5.41) is 0.158. The van der Waals surface area contributed by atoms with E-state index in [1.165, 1.54) is 0 Å². The molecule has 0 aliphatic heterocycles. The van der Waals surface area contributed by atoms with Gasteiger partial charge in [-0.3, -0.25) is 0 Å². The summed E-state index contributed by atoms with van der Waals surface area (Å²) in [7, 11) is -1.82. The Morgan fingerprint density at radius 1 is 1.31 bits per heavy atom. The van der Waals surface area contributed by atoms with E-state index in [2.05, 4.69) is 45.4 Å². The molecule has 0 heterocycles. The first-order chi connectivity index (χ1) is 7.10. The minimum absolute atomic E-state index is 0.158. The molecule has 0 fully saturated rings. The lowest BCUT2D eigenvalue weighted by molar-refractivity contribution is 0.317. The number of ether oxygens (including phenoxy) is 1. The van der Waals surface area contributed by atoms with Crippen molar-refractivity contribution >= 4 is 14.2 Å². The minimum Gasteiger partial charge on any atom is -0.531 e. The molecule has 0 atom stereocenters. The highest BCUT2D eigenvalue weighted by atomic mass is 28.4. The van der Waals surface area contributed by atoms with Gasteiger partial charge in [-0.05, 0) is 31.6 Å². The van der Waals surface area contributed by atoms with Gasteiger partial charge in [0.2, 0.25) is 0 Å². The van der Waals surface area contributed by atoms with Crippen molar-refractivity contribution in [3.05, 3.63) is 12.5 Å². The quantitative estimate of drug-likeness (QED) is 0.324. The van der Waals surface area contributed by atoms with Gasteiger partial charge in [0, 0.05) is 6.92 Å². The molecule has 0 aromatic rings. The van der Waals surface area contributed by atoms with Crippen molar-refractivity contribution in [2.45, 2.75) is 52.8 Å². The summed E-state index contributed by atoms with van der Waals surface area (Å²) in [6, 6.07) is 0. The Hall–Kier alpha value is -0.773. The molecule has 0 aliphatic carbocycles. The second-order valence-electron chi connectivity index (χ2n) is 5.32. The molecule has 16 heavy (non-hydrogen) atoms. The lowest BCUT2D eigenvalue weighted by atomic mass is 10.2. The van der Waals surface area contributed by atoms with Crippen molar-refractivity contribution in [1.29, 1.82) is 0 Å². The zero-order valence-corrected chi connectivity index (χ0v) is 12.7. The summed E-state index contributed by atoms with van der Waals surface area (Å²) in [6.45, 7) is 19.1. The fraction of sp³-hybridized carbons (Fsp3) is 0.750. The maximum absolute atomic E-state index is 5.90. The fourth-order valence-electron chi connectivity index (χ4n) is 0.887. The molecule has 0 aromatic heterocycles. The smallest absolute Gasteiger partial charge is 0.252 e. The third-order valence-electron chi connectivity index (χ3n) is 2.81. The van der Waals surface area contributed by atoms with E-state index in [1.54, 1.807) is 0 Å². The zero-order chi connectivity index (χ0) is 13.0. The topological polar surface area (TPSA) is 30.8 Å². The largest absolute Gasteiger partial charge is 0.531 e. The monoisotopic (exact) mass is 243 g/mol. The first kappa shape index (κ1) is 15.2. The van der Waals surface area contributed by atoms with E-state index < -0.39 is 8.32 Å². The van der Waals surface area contributed by atoms with E-state index in [-0.39, 0.29) is 5.04 Å². The summed E-state index contributed by atoms with van der Waals surface area (Å²) in [5.74, 6) is 1.06. The van der Waals surface area contributed by atoms with Gasteiger partial charge in [0.1, 0.15) is 0 Å². The molecule has 3 nitrogen and oxygen atoms in total. The standard InChI is InChI=1S/C12H25NO2Si/c1-9-14-10(2)13-11(3)15-16(7,8)12(4,5)6/h3,9H2,1-2,4-8H3/b13-10+. The van der Waals surface area contributed by atoms with Crippen molar-refractivity contribution in [2.75, 3.05) is 6.61 Å². The second-order valence-corrected chi connectivity index (χ2v) is 10.0. The second kappa shape index (κ2) is 5.52. The molecule has 0 amide bonds. The van der Waals surface area contributed by atoms with Crippen molar-refractivity contribution in [3.63, 3.8) is 0 Å². The molecule has 0 saturated heterocycles. The molecular weight excluding hydrogens is 218 g/mol. The van der Waals surface area contributed by atoms with Crippen LogP contribution in [0.25, 0.3) is 0 Å². The van der Waals surface area contributed by atoms with Crippen LogP contribution in [0.1, 0.15) is 34.6 Å². The van der Waals surface area contributed by atoms with Crippen LogP contribution in [0.5, 0.6) is 0 Å². The number of aliphatic imine (C=N–C) groups is 1. The van der Waals surface area contributed by atoms with E-state index in [1.807, 2.05) is 13.8 Å². The molecule has 0 bridgehead atoms. The molecule has 0 rings (SSSR count). The lowest BCUT2D eigenvalue weighted by Crippen LogP contribution is -2.40. The van der Waals surface area contributed by atoms with Crippen LogP contribution < -0.4 is 0 Å². The van der Waals surface area contributed by atoms with Crippen molar-refractivity contribution in [1.82, 2.24) is 0 Å². The van der Waals surface area contributed by atoms with Gasteiger partial charge in [0.15, 0.2) is 11.8 Å². The van der Waals surface area contributed by atoms with Gasteiger partial charge in [0.05, 0.1) is 6.61 Å². The van der Waals surface area contributed by atoms with Crippen molar-refractivity contribution in [3.8, 4) is 0 Å². The van der Waals surface area contributed by atoms with Crippen LogP contribution in [-0.2, 0) is 9.16 Å². The van der Waals surface area contributed by atoms with Gasteiger partial charge in [0.25, 0.3) is 8.32 Å². The Morgan fingerprint density at radius 3 is 2.19 bits per heavy atom. The van der Waals surface area contributed by atoms with Crippen LogP contribution in [0.15, 0.2) is 17.5 Å². The van der Waals surface area contributed by atoms with Gasteiger partial charge in [-0.1, -0.05) is 20.8 Å². The summed E-state index contributed by atoms with van der Waals surface area (Å²) < 4.78 is 11.1. The van der Waals surface area contributed by atoms with Crippen LogP contribution in [-0.4, -0.2) is 20.8 Å². The maximum atomic E-state index is 5.90. The Kier molecular flexibility index (Phi) is 5.26. The van der Waals surface area contributed by atoms with Gasteiger partial charge in [-0.15, -0.1) is 0 Å². The van der Waals surface area contributed by atoms with Crippen LogP contribution in [0, 0.1) is 0 Å². The van der Waals surface area contributed by atoms with Gasteiger partial charge >= 0.3 is 0 Å². The van der Waals surface area contributed by atoms with Crippen molar-refractivity contribution < 1.29 is 9.16 Å². The van der Waals surface area contributed by atoms with Crippen LogP contribution in [0.2, 0.25) is 18.1 Å². The molecule has 0 unspecified atom stereocenters. The van der Waals surface area contributed by atoms with E-state index >= 15 is 0 Å². The molecule has 0 spiro atoms. The van der Waals surface area contributed by atoms with Gasteiger partial charge in [-0.2, -0.15) is 4.99 Å². The maximum Gasteiger partial charge on any atom is 0.252 e. The molecule has 94 valence electrons. The van der Waals surface area contributed by atoms with E-state index in [9.17, 15) is 0 Å². The summed E-state index contributed by atoms with van der Waals surface area (Å²) in [5.41, 5.74) is 0. The number of hydrogen-bond acceptors (Lipinski definition) is 3.